The fourth-order valence-electron chi connectivity index (χ4n) is 1.73. The average Bonchev–Trinajstić information content (AvgIpc) is 2.28. The van der Waals surface area contributed by atoms with Crippen molar-refractivity contribution in [1.29, 1.82) is 0 Å². The fraction of sp³-hybridized carbons (Fsp3) is 0.357. The summed E-state index contributed by atoms with van der Waals surface area (Å²) < 4.78 is 13.1. The molecule has 0 aliphatic carbocycles. The smallest absolute Gasteiger partial charge is 0.161 e. The van der Waals surface area contributed by atoms with Crippen molar-refractivity contribution >= 4 is 11.5 Å². The highest BCUT2D eigenvalue weighted by Crippen LogP contribution is 2.22. The monoisotopic (exact) mass is 233 g/mol. The van der Waals surface area contributed by atoms with E-state index < -0.39 is 5.82 Å². The summed E-state index contributed by atoms with van der Waals surface area (Å²) in [6.07, 6.45) is 6.22. The summed E-state index contributed by atoms with van der Waals surface area (Å²) in [5, 5.41) is 0. The minimum absolute atomic E-state index is 0.155. The van der Waals surface area contributed by atoms with Gasteiger partial charge in [-0.3, -0.25) is 4.79 Å². The molecule has 17 heavy (non-hydrogen) atoms. The van der Waals surface area contributed by atoms with E-state index in [4.69, 9.17) is 6.42 Å². The van der Waals surface area contributed by atoms with Crippen molar-refractivity contribution < 1.29 is 9.18 Å². The van der Waals surface area contributed by atoms with Crippen LogP contribution in [0.25, 0.3) is 0 Å². The molecule has 0 N–H and O–H groups in total. The molecule has 0 aromatic heterocycles. The summed E-state index contributed by atoms with van der Waals surface area (Å²) in [5.41, 5.74) is 1.09. The number of Topliss-reactive ketones (excluding diaryl/α,β-unsaturated/α-hetero) is 1. The van der Waals surface area contributed by atoms with Crippen molar-refractivity contribution in [2.75, 3.05) is 18.0 Å². The molecule has 0 atom stereocenters. The van der Waals surface area contributed by atoms with Gasteiger partial charge in [0.05, 0.1) is 6.54 Å². The molecule has 0 heterocycles. The van der Waals surface area contributed by atoms with E-state index >= 15 is 0 Å². The van der Waals surface area contributed by atoms with Gasteiger partial charge in [0.15, 0.2) is 5.78 Å². The lowest BCUT2D eigenvalue weighted by Gasteiger charge is -2.23. The Morgan fingerprint density at radius 2 is 2.24 bits per heavy atom. The van der Waals surface area contributed by atoms with Crippen molar-refractivity contribution in [1.82, 2.24) is 0 Å². The van der Waals surface area contributed by atoms with E-state index in [-0.39, 0.29) is 5.78 Å². The van der Waals surface area contributed by atoms with Gasteiger partial charge in [-0.05, 0) is 31.5 Å². The molecule has 0 radical (unpaired) electrons. The van der Waals surface area contributed by atoms with Gasteiger partial charge in [0, 0.05) is 17.8 Å². The van der Waals surface area contributed by atoms with Crippen LogP contribution in [0.5, 0.6) is 0 Å². The van der Waals surface area contributed by atoms with E-state index in [0.717, 1.165) is 13.0 Å². The zero-order valence-electron chi connectivity index (χ0n) is 10.2. The predicted octanol–water partition coefficient (Wildman–Crippen LogP) is 2.88. The number of rotatable bonds is 5. The zero-order valence-corrected chi connectivity index (χ0v) is 10.2. The summed E-state index contributed by atoms with van der Waals surface area (Å²) in [6, 6.07) is 4.22. The number of carbonyl (C=O) groups is 1. The molecule has 0 amide bonds. The normalized spacial score (nSPS) is 9.76. The maximum absolute atomic E-state index is 13.1. The first kappa shape index (κ1) is 13.2. The highest BCUT2D eigenvalue weighted by molar-refractivity contribution is 5.99. The van der Waals surface area contributed by atoms with Crippen molar-refractivity contribution in [2.45, 2.75) is 20.3 Å². The van der Waals surface area contributed by atoms with Crippen LogP contribution in [0.2, 0.25) is 0 Å². The number of benzene rings is 1. The van der Waals surface area contributed by atoms with Crippen LogP contribution < -0.4 is 4.90 Å². The van der Waals surface area contributed by atoms with Crippen molar-refractivity contribution in [2.24, 2.45) is 0 Å². The molecular weight excluding hydrogens is 217 g/mol. The number of hydrogen-bond donors (Lipinski definition) is 0. The first-order valence-corrected chi connectivity index (χ1v) is 5.59. The molecular formula is C14H16FNO. The molecule has 0 aliphatic rings. The van der Waals surface area contributed by atoms with Crippen LogP contribution in [-0.4, -0.2) is 18.9 Å². The molecule has 2 nitrogen and oxygen atoms in total. The third-order valence-electron chi connectivity index (χ3n) is 2.45. The summed E-state index contributed by atoms with van der Waals surface area (Å²) in [7, 11) is 0. The van der Waals surface area contributed by atoms with Gasteiger partial charge in [-0.15, -0.1) is 6.42 Å². The van der Waals surface area contributed by atoms with Crippen LogP contribution in [0.4, 0.5) is 10.1 Å². The zero-order chi connectivity index (χ0) is 12.8. The van der Waals surface area contributed by atoms with E-state index in [2.05, 4.69) is 5.92 Å². The van der Waals surface area contributed by atoms with E-state index in [0.29, 0.717) is 17.8 Å². The van der Waals surface area contributed by atoms with Gasteiger partial charge in [-0.1, -0.05) is 12.8 Å². The third-order valence-corrected chi connectivity index (χ3v) is 2.45. The van der Waals surface area contributed by atoms with Gasteiger partial charge in [0.1, 0.15) is 5.82 Å². The molecule has 3 heteroatoms. The number of hydrogen-bond acceptors (Lipinski definition) is 2. The van der Waals surface area contributed by atoms with E-state index in [1.165, 1.54) is 19.1 Å². The minimum atomic E-state index is -0.406. The molecule has 1 aromatic carbocycles. The number of nitrogens with zero attached hydrogens (tertiary/aromatic N) is 1. The molecule has 0 saturated carbocycles. The molecule has 1 aromatic rings. The lowest BCUT2D eigenvalue weighted by Crippen LogP contribution is -2.26. The van der Waals surface area contributed by atoms with Crippen LogP contribution in [0.1, 0.15) is 30.6 Å². The Morgan fingerprint density at radius 1 is 1.53 bits per heavy atom. The largest absolute Gasteiger partial charge is 0.360 e. The lowest BCUT2D eigenvalue weighted by atomic mass is 10.1. The van der Waals surface area contributed by atoms with Gasteiger partial charge in [0.2, 0.25) is 0 Å². The highest BCUT2D eigenvalue weighted by Gasteiger charge is 2.13. The van der Waals surface area contributed by atoms with Crippen LogP contribution in [0.15, 0.2) is 18.2 Å². The SMILES string of the molecule is C#CCN(CCC)c1ccc(F)cc1C(C)=O. The predicted molar refractivity (Wildman–Crippen MR) is 67.7 cm³/mol. The Balaban J connectivity index is 3.18. The van der Waals surface area contributed by atoms with Gasteiger partial charge < -0.3 is 4.90 Å². The Bertz CT molecular complexity index is 448. The molecule has 0 bridgehead atoms. The van der Waals surface area contributed by atoms with E-state index in [9.17, 15) is 9.18 Å². The van der Waals surface area contributed by atoms with Crippen LogP contribution >= 0.6 is 0 Å². The Morgan fingerprint density at radius 3 is 2.76 bits per heavy atom. The number of halogens is 1. The third kappa shape index (κ3) is 3.32. The maximum Gasteiger partial charge on any atom is 0.161 e. The molecule has 90 valence electrons. The van der Waals surface area contributed by atoms with Gasteiger partial charge >= 0.3 is 0 Å². The lowest BCUT2D eigenvalue weighted by molar-refractivity contribution is 0.101. The van der Waals surface area contributed by atoms with Crippen LogP contribution in [0, 0.1) is 18.2 Å². The first-order valence-electron chi connectivity index (χ1n) is 5.59. The topological polar surface area (TPSA) is 20.3 Å². The summed E-state index contributed by atoms with van der Waals surface area (Å²) in [6.45, 7) is 4.62. The van der Waals surface area contributed by atoms with Crippen molar-refractivity contribution in [3.8, 4) is 12.3 Å². The Hall–Kier alpha value is -1.82. The maximum atomic E-state index is 13.1. The minimum Gasteiger partial charge on any atom is -0.360 e. The van der Waals surface area contributed by atoms with Crippen LogP contribution in [-0.2, 0) is 0 Å². The van der Waals surface area contributed by atoms with Gasteiger partial charge in [-0.25, -0.2) is 4.39 Å². The second kappa shape index (κ2) is 6.05. The first-order chi connectivity index (χ1) is 8.10. The highest BCUT2D eigenvalue weighted by atomic mass is 19.1. The van der Waals surface area contributed by atoms with Crippen LogP contribution in [0.3, 0.4) is 0 Å². The molecule has 0 saturated heterocycles. The van der Waals surface area contributed by atoms with E-state index in [1.807, 2.05) is 11.8 Å². The fourth-order valence-corrected chi connectivity index (χ4v) is 1.73. The second-order valence-corrected chi connectivity index (χ2v) is 3.84. The van der Waals surface area contributed by atoms with Gasteiger partial charge in [-0.2, -0.15) is 0 Å². The Kier molecular flexibility index (Phi) is 4.71. The number of terminal acetylenes is 1. The summed E-state index contributed by atoms with van der Waals surface area (Å²) >= 11 is 0. The van der Waals surface area contributed by atoms with Crippen molar-refractivity contribution in [3.05, 3.63) is 29.6 Å². The summed E-state index contributed by atoms with van der Waals surface area (Å²) in [5.74, 6) is 1.99. The quantitative estimate of drug-likeness (QED) is 0.575. The number of anilines is 1. The molecule has 0 unspecified atom stereocenters. The van der Waals surface area contributed by atoms with Gasteiger partial charge in [0.25, 0.3) is 0 Å². The average molecular weight is 233 g/mol. The molecule has 0 fully saturated rings. The Labute approximate surface area is 101 Å². The summed E-state index contributed by atoms with van der Waals surface area (Å²) in [4.78, 5) is 13.4. The standard InChI is InChI=1S/C14H16FNO/c1-4-8-16(9-5-2)14-7-6-12(15)10-13(14)11(3)17/h1,6-7,10H,5,8-9H2,2-3H3. The van der Waals surface area contributed by atoms with E-state index in [1.54, 1.807) is 6.07 Å². The van der Waals surface area contributed by atoms with Crippen molar-refractivity contribution in [3.63, 3.8) is 0 Å². The number of carbonyl (C=O) groups excluding carboxylic acids is 1. The molecule has 1 rings (SSSR count). The molecule has 0 spiro atoms. The second-order valence-electron chi connectivity index (χ2n) is 3.84. The number of ketones is 1. The molecule has 0 aliphatic heterocycles.